The summed E-state index contributed by atoms with van der Waals surface area (Å²) < 4.78 is 2.43. The highest BCUT2D eigenvalue weighted by Crippen LogP contribution is 2.35. The zero-order valence-corrected chi connectivity index (χ0v) is 26.2. The maximum atomic E-state index is 4.46. The fourth-order valence-corrected chi connectivity index (χ4v) is 6.59. The summed E-state index contributed by atoms with van der Waals surface area (Å²) in [5, 5.41) is 7.86. The lowest BCUT2D eigenvalue weighted by Crippen LogP contribution is -2.22. The van der Waals surface area contributed by atoms with Crippen LogP contribution in [0.1, 0.15) is 45.7 Å². The number of hydrogen-bond acceptors (Lipinski definition) is 2. The number of aromatic nitrogens is 1. The Hall–Kier alpha value is -4.24. The summed E-state index contributed by atoms with van der Waals surface area (Å²) in [6.45, 7) is 22.7. The van der Waals surface area contributed by atoms with E-state index in [-0.39, 0.29) is 0 Å². The monoisotopic (exact) mass is 555 g/mol. The summed E-state index contributed by atoms with van der Waals surface area (Å²) in [4.78, 5) is 4.87. The van der Waals surface area contributed by atoms with E-state index >= 15 is 0 Å². The molecule has 42 heavy (non-hydrogen) atoms. The Morgan fingerprint density at radius 2 is 1.29 bits per heavy atom. The van der Waals surface area contributed by atoms with Crippen molar-refractivity contribution in [3.8, 4) is 0 Å². The number of fused-ring (bicyclic) bond motifs is 1. The Morgan fingerprint density at radius 1 is 0.690 bits per heavy atom. The molecule has 3 heteroatoms. The molecule has 5 aromatic rings. The molecule has 0 saturated carbocycles. The summed E-state index contributed by atoms with van der Waals surface area (Å²) >= 11 is 0. The number of aryl methyl sites for hydroxylation is 2. The molecule has 1 aromatic heterocycles. The molecule has 0 aliphatic rings. The Labute approximate surface area is 251 Å². The van der Waals surface area contributed by atoms with E-state index < -0.39 is 0 Å². The highest BCUT2D eigenvalue weighted by atomic mass is 15.1. The molecule has 0 radical (unpaired) electrons. The van der Waals surface area contributed by atoms with Gasteiger partial charge in [0.05, 0.1) is 0 Å². The SMILES string of the molecule is C=C(/C=C/C=C/C=c1/c2cccc3c(N(CC)CC)ccc(c32)n1CC)c1cccc2c(N(CC)CC)ccc(C)c12. The molecule has 1 heterocycles. The van der Waals surface area contributed by atoms with Gasteiger partial charge in [-0.05, 0) is 87.9 Å². The Morgan fingerprint density at radius 3 is 1.93 bits per heavy atom. The summed E-state index contributed by atoms with van der Waals surface area (Å²) in [5.41, 5.74) is 7.42. The van der Waals surface area contributed by atoms with Gasteiger partial charge in [0.2, 0.25) is 0 Å². The van der Waals surface area contributed by atoms with E-state index in [4.69, 9.17) is 0 Å². The number of anilines is 2. The van der Waals surface area contributed by atoms with Crippen molar-refractivity contribution in [3.63, 3.8) is 0 Å². The third-order valence-corrected chi connectivity index (χ3v) is 8.72. The standard InChI is InChI=1S/C39H45N3/c1-8-40(9-2)34-25-24-29(7)38-30(19-16-20-31(34)38)28(6)18-14-13-15-23-36-33-22-17-21-32-35(41(10-3)11-4)26-27-37(39(32)33)42(36)12-5/h13-27H,6,8-12H2,1-5,7H3/b15-13+,18-14+,36-23-. The predicted molar refractivity (Wildman–Crippen MR) is 188 cm³/mol. The Balaban J connectivity index is 1.49. The number of hydrogen-bond donors (Lipinski definition) is 0. The fourth-order valence-electron chi connectivity index (χ4n) is 6.59. The first kappa shape index (κ1) is 29.3. The van der Waals surface area contributed by atoms with E-state index in [1.165, 1.54) is 60.3 Å². The highest BCUT2D eigenvalue weighted by Gasteiger charge is 2.15. The van der Waals surface area contributed by atoms with Gasteiger partial charge in [0, 0.05) is 76.5 Å². The molecule has 216 valence electrons. The van der Waals surface area contributed by atoms with E-state index in [0.717, 1.165) is 38.3 Å². The van der Waals surface area contributed by atoms with Crippen LogP contribution >= 0.6 is 0 Å². The van der Waals surface area contributed by atoms with Gasteiger partial charge in [-0.3, -0.25) is 0 Å². The molecule has 0 aliphatic carbocycles. The molecular formula is C39H45N3. The van der Waals surface area contributed by atoms with E-state index in [1.54, 1.807) is 0 Å². The Bertz CT molecular complexity index is 1840. The van der Waals surface area contributed by atoms with Crippen molar-refractivity contribution in [1.82, 2.24) is 4.57 Å². The number of nitrogens with zero attached hydrogens (tertiary/aromatic N) is 3. The Kier molecular flexibility index (Phi) is 8.87. The fraction of sp³-hybridized carbons (Fsp3) is 0.282. The molecule has 0 atom stereocenters. The molecule has 0 bridgehead atoms. The molecule has 3 nitrogen and oxygen atoms in total. The van der Waals surface area contributed by atoms with Gasteiger partial charge < -0.3 is 14.4 Å². The molecule has 0 aliphatic heterocycles. The summed E-state index contributed by atoms with van der Waals surface area (Å²) in [6.07, 6.45) is 10.8. The van der Waals surface area contributed by atoms with Gasteiger partial charge in [0.15, 0.2) is 0 Å². The first-order valence-electron chi connectivity index (χ1n) is 15.6. The molecule has 0 spiro atoms. The van der Waals surface area contributed by atoms with Crippen LogP contribution in [-0.4, -0.2) is 30.7 Å². The van der Waals surface area contributed by atoms with Crippen molar-refractivity contribution in [3.05, 3.63) is 108 Å². The van der Waals surface area contributed by atoms with Gasteiger partial charge in [-0.25, -0.2) is 0 Å². The van der Waals surface area contributed by atoms with E-state index in [2.05, 4.69) is 154 Å². The second-order valence-electron chi connectivity index (χ2n) is 10.9. The van der Waals surface area contributed by atoms with E-state index in [0.29, 0.717) is 0 Å². The zero-order valence-electron chi connectivity index (χ0n) is 26.2. The lowest BCUT2D eigenvalue weighted by molar-refractivity contribution is 0.777. The zero-order chi connectivity index (χ0) is 29.8. The number of benzene rings is 4. The second-order valence-corrected chi connectivity index (χ2v) is 10.9. The lowest BCUT2D eigenvalue weighted by Gasteiger charge is -2.24. The second kappa shape index (κ2) is 12.7. The minimum atomic E-state index is 0.927. The highest BCUT2D eigenvalue weighted by molar-refractivity contribution is 6.14. The minimum absolute atomic E-state index is 0.927. The van der Waals surface area contributed by atoms with Crippen LogP contribution in [-0.2, 0) is 6.54 Å². The van der Waals surface area contributed by atoms with Crippen LogP contribution < -0.4 is 15.1 Å². The maximum Gasteiger partial charge on any atom is 0.0498 e. The molecule has 0 fully saturated rings. The molecular weight excluding hydrogens is 510 g/mol. The van der Waals surface area contributed by atoms with Crippen LogP contribution in [0.3, 0.4) is 0 Å². The van der Waals surface area contributed by atoms with Crippen molar-refractivity contribution in [1.29, 1.82) is 0 Å². The summed E-state index contributed by atoms with van der Waals surface area (Å²) in [6, 6.07) is 22.4. The first-order chi connectivity index (χ1) is 20.5. The van der Waals surface area contributed by atoms with Crippen LogP contribution in [0.25, 0.3) is 44.1 Å². The largest absolute Gasteiger partial charge is 0.372 e. The van der Waals surface area contributed by atoms with Crippen LogP contribution in [0.5, 0.6) is 0 Å². The predicted octanol–water partition coefficient (Wildman–Crippen LogP) is 9.29. The number of allylic oxidation sites excluding steroid dienone is 5. The quantitative estimate of drug-likeness (QED) is 0.150. The molecule has 0 saturated heterocycles. The lowest BCUT2D eigenvalue weighted by atomic mass is 9.94. The van der Waals surface area contributed by atoms with Crippen LogP contribution in [0, 0.1) is 6.92 Å². The topological polar surface area (TPSA) is 11.4 Å². The van der Waals surface area contributed by atoms with Crippen LogP contribution in [0.2, 0.25) is 0 Å². The van der Waals surface area contributed by atoms with Crippen LogP contribution in [0.15, 0.2) is 91.5 Å². The molecule has 0 unspecified atom stereocenters. The smallest absolute Gasteiger partial charge is 0.0498 e. The maximum absolute atomic E-state index is 4.46. The minimum Gasteiger partial charge on any atom is -0.372 e. The van der Waals surface area contributed by atoms with Crippen molar-refractivity contribution in [2.45, 2.75) is 48.1 Å². The molecule has 0 N–H and O–H groups in total. The van der Waals surface area contributed by atoms with Gasteiger partial charge in [-0.15, -0.1) is 0 Å². The first-order valence-corrected chi connectivity index (χ1v) is 15.6. The van der Waals surface area contributed by atoms with Crippen molar-refractivity contribution >= 4 is 55.5 Å². The van der Waals surface area contributed by atoms with Gasteiger partial charge in [0.25, 0.3) is 0 Å². The van der Waals surface area contributed by atoms with E-state index in [9.17, 15) is 0 Å². The average molecular weight is 556 g/mol. The van der Waals surface area contributed by atoms with Gasteiger partial charge in [-0.2, -0.15) is 0 Å². The number of rotatable bonds is 11. The van der Waals surface area contributed by atoms with Crippen LogP contribution in [0.4, 0.5) is 11.4 Å². The van der Waals surface area contributed by atoms with E-state index in [1.807, 2.05) is 0 Å². The summed E-state index contributed by atoms with van der Waals surface area (Å²) in [7, 11) is 0. The van der Waals surface area contributed by atoms with Crippen molar-refractivity contribution in [2.24, 2.45) is 0 Å². The van der Waals surface area contributed by atoms with Crippen molar-refractivity contribution in [2.75, 3.05) is 36.0 Å². The summed E-state index contributed by atoms with van der Waals surface area (Å²) in [5.74, 6) is 0. The molecule has 5 rings (SSSR count). The van der Waals surface area contributed by atoms with Gasteiger partial charge in [0.1, 0.15) is 0 Å². The third kappa shape index (κ3) is 5.13. The molecule has 4 aromatic carbocycles. The molecule has 0 amide bonds. The third-order valence-electron chi connectivity index (χ3n) is 8.72. The average Bonchev–Trinajstić information content (AvgIpc) is 3.33. The van der Waals surface area contributed by atoms with Gasteiger partial charge >= 0.3 is 0 Å². The van der Waals surface area contributed by atoms with Crippen molar-refractivity contribution < 1.29 is 0 Å². The normalized spacial score (nSPS) is 12.6. The van der Waals surface area contributed by atoms with Gasteiger partial charge in [-0.1, -0.05) is 73.3 Å².